The van der Waals surface area contributed by atoms with Gasteiger partial charge in [0.25, 0.3) is 17.7 Å². The minimum absolute atomic E-state index is 0.131. The van der Waals surface area contributed by atoms with E-state index in [-0.39, 0.29) is 35.5 Å². The number of hydroxylamine groups is 1. The second kappa shape index (κ2) is 10.8. The summed E-state index contributed by atoms with van der Waals surface area (Å²) >= 11 is 0. The van der Waals surface area contributed by atoms with Gasteiger partial charge in [-0.25, -0.2) is 9.87 Å². The molecule has 1 fully saturated rings. The van der Waals surface area contributed by atoms with E-state index in [1.165, 1.54) is 6.07 Å². The quantitative estimate of drug-likeness (QED) is 0.173. The van der Waals surface area contributed by atoms with Crippen LogP contribution < -0.4 is 16.1 Å². The third-order valence-electron chi connectivity index (χ3n) is 5.58. The molecule has 4 rings (SSSR count). The zero-order valence-corrected chi connectivity index (χ0v) is 18.8. The molecule has 4 N–H and O–H groups in total. The molecule has 0 unspecified atom stereocenters. The van der Waals surface area contributed by atoms with Gasteiger partial charge in [0.05, 0.1) is 5.57 Å². The Kier molecular flexibility index (Phi) is 7.32. The number of carbonyl (C=O) groups excluding carboxylic acids is 3. The molecule has 7 nitrogen and oxygen atoms in total. The predicted octanol–water partition coefficient (Wildman–Crippen LogP) is 3.69. The minimum atomic E-state index is -0.613. The molecule has 35 heavy (non-hydrogen) atoms. The fraction of sp³-hybridized carbons (Fsp3) is 0.148. The molecule has 0 aliphatic heterocycles. The maximum atomic E-state index is 14.4. The highest BCUT2D eigenvalue weighted by Gasteiger charge is 2.26. The third kappa shape index (κ3) is 6.18. The van der Waals surface area contributed by atoms with Crippen LogP contribution in [0.3, 0.4) is 0 Å². The van der Waals surface area contributed by atoms with Crippen molar-refractivity contribution in [2.24, 2.45) is 0 Å². The Hall–Kier alpha value is -4.30. The van der Waals surface area contributed by atoms with E-state index in [4.69, 9.17) is 5.21 Å². The maximum absolute atomic E-state index is 14.4. The molecule has 3 aromatic carbocycles. The van der Waals surface area contributed by atoms with Gasteiger partial charge in [-0.2, -0.15) is 0 Å². The highest BCUT2D eigenvalue weighted by Crippen LogP contribution is 2.25. The number of rotatable bonds is 8. The largest absolute Gasteiger partial charge is 0.349 e. The zero-order valence-electron chi connectivity index (χ0n) is 18.8. The summed E-state index contributed by atoms with van der Waals surface area (Å²) in [6.07, 6.45) is 3.45. The van der Waals surface area contributed by atoms with Gasteiger partial charge in [0.15, 0.2) is 0 Å². The number of hydrogen-bond acceptors (Lipinski definition) is 4. The van der Waals surface area contributed by atoms with Crippen LogP contribution in [0.15, 0.2) is 72.8 Å². The van der Waals surface area contributed by atoms with Crippen LogP contribution in [-0.4, -0.2) is 29.0 Å². The molecule has 1 aliphatic carbocycles. The van der Waals surface area contributed by atoms with Gasteiger partial charge in [0.1, 0.15) is 5.82 Å². The molecule has 0 saturated heterocycles. The Balaban J connectivity index is 1.45. The molecular formula is C27H24FN3O4. The minimum Gasteiger partial charge on any atom is -0.349 e. The van der Waals surface area contributed by atoms with Crippen molar-refractivity contribution in [2.45, 2.75) is 25.4 Å². The summed E-state index contributed by atoms with van der Waals surface area (Å²) in [5.74, 6) is -1.72. The van der Waals surface area contributed by atoms with Crippen molar-refractivity contribution in [3.8, 4) is 0 Å². The van der Waals surface area contributed by atoms with E-state index in [1.807, 2.05) is 0 Å². The van der Waals surface area contributed by atoms with Gasteiger partial charge < -0.3 is 10.6 Å². The van der Waals surface area contributed by atoms with Gasteiger partial charge in [0.2, 0.25) is 0 Å². The number of halogens is 1. The second-order valence-corrected chi connectivity index (χ2v) is 8.23. The van der Waals surface area contributed by atoms with Gasteiger partial charge in [-0.1, -0.05) is 42.5 Å². The van der Waals surface area contributed by atoms with Gasteiger partial charge in [-0.3, -0.25) is 19.6 Å². The lowest BCUT2D eigenvalue weighted by Gasteiger charge is -2.10. The lowest BCUT2D eigenvalue weighted by atomic mass is 10.0. The van der Waals surface area contributed by atoms with Crippen LogP contribution in [0.5, 0.6) is 0 Å². The lowest BCUT2D eigenvalue weighted by Crippen LogP contribution is -2.26. The summed E-state index contributed by atoms with van der Waals surface area (Å²) in [6, 6.07) is 19.4. The van der Waals surface area contributed by atoms with Gasteiger partial charge in [-0.15, -0.1) is 0 Å². The second-order valence-electron chi connectivity index (χ2n) is 8.23. The summed E-state index contributed by atoms with van der Waals surface area (Å²) in [5.41, 5.74) is 4.17. The van der Waals surface area contributed by atoms with E-state index in [1.54, 1.807) is 78.3 Å². The SMILES string of the molecule is O=C(NC1CC1)/C(=C\c1ccc(C(=O)NCc2ccc(C(=O)NO)cc2)cc1)c1ccccc1F. The molecule has 0 spiro atoms. The monoisotopic (exact) mass is 473 g/mol. The molecule has 0 heterocycles. The van der Waals surface area contributed by atoms with Crippen molar-refractivity contribution in [1.82, 2.24) is 16.1 Å². The van der Waals surface area contributed by atoms with Crippen LogP contribution in [0, 0.1) is 5.82 Å². The van der Waals surface area contributed by atoms with E-state index in [2.05, 4.69) is 10.6 Å². The van der Waals surface area contributed by atoms with Gasteiger partial charge >= 0.3 is 0 Å². The fourth-order valence-corrected chi connectivity index (χ4v) is 3.46. The van der Waals surface area contributed by atoms with Crippen molar-refractivity contribution in [1.29, 1.82) is 0 Å². The Bertz CT molecular complexity index is 1270. The van der Waals surface area contributed by atoms with Gasteiger partial charge in [0, 0.05) is 29.3 Å². The Labute approximate surface area is 201 Å². The molecule has 178 valence electrons. The number of hydrogen-bond donors (Lipinski definition) is 4. The summed E-state index contributed by atoms with van der Waals surface area (Å²) < 4.78 is 14.4. The highest BCUT2D eigenvalue weighted by atomic mass is 19.1. The van der Waals surface area contributed by atoms with Gasteiger partial charge in [-0.05, 0) is 60.4 Å². The summed E-state index contributed by atoms with van der Waals surface area (Å²) in [7, 11) is 0. The van der Waals surface area contributed by atoms with Crippen LogP contribution in [0.1, 0.15) is 50.2 Å². The number of carbonyl (C=O) groups is 3. The first kappa shape index (κ1) is 23.8. The Morgan fingerprint density at radius 2 is 1.51 bits per heavy atom. The van der Waals surface area contributed by atoms with Crippen molar-refractivity contribution in [3.05, 3.63) is 106 Å². The summed E-state index contributed by atoms with van der Waals surface area (Å²) in [5, 5.41) is 14.4. The normalized spacial score (nSPS) is 13.1. The third-order valence-corrected chi connectivity index (χ3v) is 5.58. The topological polar surface area (TPSA) is 108 Å². The van der Waals surface area contributed by atoms with Crippen LogP contribution in [0.2, 0.25) is 0 Å². The van der Waals surface area contributed by atoms with E-state index >= 15 is 0 Å². The molecule has 3 aromatic rings. The van der Waals surface area contributed by atoms with E-state index < -0.39 is 11.7 Å². The van der Waals surface area contributed by atoms with Crippen LogP contribution in [0.4, 0.5) is 4.39 Å². The smallest absolute Gasteiger partial charge is 0.274 e. The standard InChI is InChI=1S/C27H24FN3O4/c28-24-4-2-1-3-22(24)23(27(34)30-21-13-14-21)15-17-5-9-19(10-6-17)25(32)29-16-18-7-11-20(12-8-18)26(33)31-35/h1-12,15,21,35H,13-14,16H2,(H,29,32)(H,30,34)(H,31,33)/b23-15-. The van der Waals surface area contributed by atoms with E-state index in [0.29, 0.717) is 16.7 Å². The van der Waals surface area contributed by atoms with Crippen molar-refractivity contribution >= 4 is 29.4 Å². The maximum Gasteiger partial charge on any atom is 0.274 e. The predicted molar refractivity (Wildman–Crippen MR) is 129 cm³/mol. The molecule has 3 amide bonds. The van der Waals surface area contributed by atoms with E-state index in [9.17, 15) is 18.8 Å². The van der Waals surface area contributed by atoms with E-state index in [0.717, 1.165) is 18.4 Å². The molecule has 0 radical (unpaired) electrons. The summed E-state index contributed by atoms with van der Waals surface area (Å²) in [4.78, 5) is 36.7. The molecule has 1 aliphatic rings. The molecule has 8 heteroatoms. The molecule has 1 saturated carbocycles. The van der Waals surface area contributed by atoms with Crippen molar-refractivity contribution in [2.75, 3.05) is 0 Å². The number of amides is 3. The molecule has 0 aromatic heterocycles. The lowest BCUT2D eigenvalue weighted by molar-refractivity contribution is -0.115. The zero-order chi connectivity index (χ0) is 24.8. The van der Waals surface area contributed by atoms with Crippen molar-refractivity contribution in [3.63, 3.8) is 0 Å². The van der Waals surface area contributed by atoms with Crippen LogP contribution in [-0.2, 0) is 11.3 Å². The number of nitrogens with one attached hydrogen (secondary N) is 3. The Morgan fingerprint density at radius 3 is 2.14 bits per heavy atom. The first-order chi connectivity index (χ1) is 16.9. The first-order valence-corrected chi connectivity index (χ1v) is 11.1. The van der Waals surface area contributed by atoms with Crippen molar-refractivity contribution < 1.29 is 24.0 Å². The first-order valence-electron chi connectivity index (χ1n) is 11.1. The average Bonchev–Trinajstić information content (AvgIpc) is 3.70. The average molecular weight is 474 g/mol. The molecule has 0 bridgehead atoms. The molecule has 0 atom stereocenters. The Morgan fingerprint density at radius 1 is 0.886 bits per heavy atom. The van der Waals surface area contributed by atoms with Crippen LogP contribution >= 0.6 is 0 Å². The summed E-state index contributed by atoms with van der Waals surface area (Å²) in [6.45, 7) is 0.250. The number of benzene rings is 3. The van der Waals surface area contributed by atoms with Crippen LogP contribution in [0.25, 0.3) is 11.6 Å². The fourth-order valence-electron chi connectivity index (χ4n) is 3.46. The highest BCUT2D eigenvalue weighted by molar-refractivity contribution is 6.24. The molecular weight excluding hydrogens is 449 g/mol.